The lowest BCUT2D eigenvalue weighted by molar-refractivity contribution is -0.147. The summed E-state index contributed by atoms with van der Waals surface area (Å²) < 4.78 is 0. The van der Waals surface area contributed by atoms with E-state index < -0.39 is 11.5 Å². The van der Waals surface area contributed by atoms with Crippen molar-refractivity contribution in [1.82, 2.24) is 15.1 Å². The SMILES string of the molecule is CN1CCN(CCC2CCCC2(NC2CC2)C(=O)O)CC1. The van der Waals surface area contributed by atoms with Gasteiger partial charge in [-0.1, -0.05) is 6.42 Å². The van der Waals surface area contributed by atoms with Crippen LogP contribution < -0.4 is 5.32 Å². The summed E-state index contributed by atoms with van der Waals surface area (Å²) in [5.41, 5.74) is -0.631. The molecule has 2 N–H and O–H groups in total. The number of carboxylic acid groups (broad SMARTS) is 1. The van der Waals surface area contributed by atoms with Crippen LogP contribution in [0.3, 0.4) is 0 Å². The van der Waals surface area contributed by atoms with Crippen LogP contribution in [0.1, 0.15) is 38.5 Å². The van der Waals surface area contributed by atoms with E-state index >= 15 is 0 Å². The molecule has 2 atom stereocenters. The molecule has 2 unspecified atom stereocenters. The highest BCUT2D eigenvalue weighted by Gasteiger charge is 2.51. The Morgan fingerprint density at radius 3 is 2.57 bits per heavy atom. The molecular formula is C16H29N3O2. The molecule has 0 aromatic rings. The fourth-order valence-electron chi connectivity index (χ4n) is 4.00. The second kappa shape index (κ2) is 6.23. The number of aliphatic carboxylic acids is 1. The first-order valence-corrected chi connectivity index (χ1v) is 8.52. The van der Waals surface area contributed by atoms with Crippen LogP contribution in [0, 0.1) is 5.92 Å². The average Bonchev–Trinajstić information content (AvgIpc) is 3.17. The average molecular weight is 295 g/mol. The molecule has 21 heavy (non-hydrogen) atoms. The van der Waals surface area contributed by atoms with Gasteiger partial charge in [0.25, 0.3) is 0 Å². The van der Waals surface area contributed by atoms with Crippen LogP contribution in [-0.4, -0.2) is 72.2 Å². The predicted octanol–water partition coefficient (Wildman–Crippen LogP) is 0.999. The van der Waals surface area contributed by atoms with Crippen molar-refractivity contribution < 1.29 is 9.90 Å². The first-order chi connectivity index (χ1) is 10.1. The lowest BCUT2D eigenvalue weighted by atomic mass is 9.84. The molecular weight excluding hydrogens is 266 g/mol. The van der Waals surface area contributed by atoms with E-state index in [9.17, 15) is 9.90 Å². The summed E-state index contributed by atoms with van der Waals surface area (Å²) in [6.45, 7) is 5.57. The number of carboxylic acids is 1. The van der Waals surface area contributed by atoms with E-state index in [2.05, 4.69) is 22.2 Å². The van der Waals surface area contributed by atoms with Gasteiger partial charge in [0, 0.05) is 32.2 Å². The standard InChI is InChI=1S/C16H29N3O2/c1-18-9-11-19(12-10-18)8-6-13-3-2-7-16(13,15(20)21)17-14-4-5-14/h13-14,17H,2-12H2,1H3,(H,20,21). The van der Waals surface area contributed by atoms with E-state index in [1.54, 1.807) is 0 Å². The van der Waals surface area contributed by atoms with Crippen molar-refractivity contribution in [3.63, 3.8) is 0 Å². The predicted molar refractivity (Wildman–Crippen MR) is 82.4 cm³/mol. The number of nitrogens with one attached hydrogen (secondary N) is 1. The summed E-state index contributed by atoms with van der Waals surface area (Å²) in [4.78, 5) is 16.8. The monoisotopic (exact) mass is 295 g/mol. The minimum Gasteiger partial charge on any atom is -0.480 e. The second-order valence-corrected chi connectivity index (χ2v) is 7.22. The number of hydrogen-bond donors (Lipinski definition) is 2. The Labute approximate surface area is 127 Å². The number of likely N-dealkylation sites (N-methyl/N-ethyl adjacent to an activating group) is 1. The third-order valence-electron chi connectivity index (χ3n) is 5.63. The zero-order valence-corrected chi connectivity index (χ0v) is 13.2. The zero-order valence-electron chi connectivity index (χ0n) is 13.2. The van der Waals surface area contributed by atoms with Crippen molar-refractivity contribution in [2.75, 3.05) is 39.8 Å². The van der Waals surface area contributed by atoms with Gasteiger partial charge >= 0.3 is 5.97 Å². The van der Waals surface area contributed by atoms with E-state index in [1.165, 1.54) is 0 Å². The summed E-state index contributed by atoms with van der Waals surface area (Å²) in [6.07, 6.45) is 6.27. The summed E-state index contributed by atoms with van der Waals surface area (Å²) >= 11 is 0. The fraction of sp³-hybridized carbons (Fsp3) is 0.938. The number of rotatable bonds is 6. The van der Waals surface area contributed by atoms with Gasteiger partial charge in [-0.05, 0) is 51.6 Å². The van der Waals surface area contributed by atoms with Gasteiger partial charge in [-0.2, -0.15) is 0 Å². The van der Waals surface area contributed by atoms with E-state index in [-0.39, 0.29) is 0 Å². The molecule has 3 fully saturated rings. The van der Waals surface area contributed by atoms with Crippen LogP contribution in [0.25, 0.3) is 0 Å². The summed E-state index contributed by atoms with van der Waals surface area (Å²) in [5, 5.41) is 13.3. The molecule has 3 rings (SSSR count). The molecule has 0 spiro atoms. The van der Waals surface area contributed by atoms with Crippen LogP contribution in [-0.2, 0) is 4.79 Å². The topological polar surface area (TPSA) is 55.8 Å². The van der Waals surface area contributed by atoms with Crippen LogP contribution in [0.15, 0.2) is 0 Å². The summed E-state index contributed by atoms with van der Waals surface area (Å²) in [6, 6.07) is 0.463. The highest BCUT2D eigenvalue weighted by Crippen LogP contribution is 2.40. The molecule has 0 bridgehead atoms. The normalized spacial score (nSPS) is 35.2. The molecule has 0 amide bonds. The molecule has 5 heteroatoms. The van der Waals surface area contributed by atoms with Gasteiger partial charge in [-0.15, -0.1) is 0 Å². The smallest absolute Gasteiger partial charge is 0.324 e. The van der Waals surface area contributed by atoms with Crippen LogP contribution in [0.5, 0.6) is 0 Å². The lowest BCUT2D eigenvalue weighted by Crippen LogP contribution is -2.56. The van der Waals surface area contributed by atoms with Gasteiger partial charge in [0.15, 0.2) is 0 Å². The van der Waals surface area contributed by atoms with Crippen LogP contribution in [0.2, 0.25) is 0 Å². The molecule has 1 heterocycles. The molecule has 1 aliphatic heterocycles. The Morgan fingerprint density at radius 2 is 1.95 bits per heavy atom. The van der Waals surface area contributed by atoms with Gasteiger partial charge < -0.3 is 14.9 Å². The number of piperazine rings is 1. The van der Waals surface area contributed by atoms with Gasteiger partial charge in [0.05, 0.1) is 0 Å². The van der Waals surface area contributed by atoms with Gasteiger partial charge in [-0.25, -0.2) is 0 Å². The maximum atomic E-state index is 11.9. The Morgan fingerprint density at radius 1 is 1.24 bits per heavy atom. The number of hydrogen-bond acceptors (Lipinski definition) is 4. The second-order valence-electron chi connectivity index (χ2n) is 7.22. The Hall–Kier alpha value is -0.650. The number of nitrogens with zero attached hydrogens (tertiary/aromatic N) is 2. The molecule has 120 valence electrons. The number of carbonyl (C=O) groups is 1. The zero-order chi connectivity index (χ0) is 14.9. The van der Waals surface area contributed by atoms with Gasteiger partial charge in [0.1, 0.15) is 5.54 Å². The molecule has 3 aliphatic rings. The maximum Gasteiger partial charge on any atom is 0.324 e. The third kappa shape index (κ3) is 3.41. The Balaban J connectivity index is 1.56. The van der Waals surface area contributed by atoms with Crippen molar-refractivity contribution in [3.8, 4) is 0 Å². The Bertz CT molecular complexity index is 378. The van der Waals surface area contributed by atoms with Gasteiger partial charge in [0.2, 0.25) is 0 Å². The van der Waals surface area contributed by atoms with Crippen molar-refractivity contribution in [3.05, 3.63) is 0 Å². The van der Waals surface area contributed by atoms with Crippen LogP contribution >= 0.6 is 0 Å². The molecule has 2 aliphatic carbocycles. The minimum absolute atomic E-state index is 0.301. The highest BCUT2D eigenvalue weighted by atomic mass is 16.4. The van der Waals surface area contributed by atoms with E-state index in [0.29, 0.717) is 12.0 Å². The van der Waals surface area contributed by atoms with E-state index in [4.69, 9.17) is 0 Å². The summed E-state index contributed by atoms with van der Waals surface area (Å²) in [5.74, 6) is -0.314. The van der Waals surface area contributed by atoms with Crippen molar-refractivity contribution >= 4 is 5.97 Å². The fourth-order valence-corrected chi connectivity index (χ4v) is 4.00. The van der Waals surface area contributed by atoms with Crippen molar-refractivity contribution in [2.24, 2.45) is 5.92 Å². The lowest BCUT2D eigenvalue weighted by Gasteiger charge is -2.36. The van der Waals surface area contributed by atoms with Crippen molar-refractivity contribution in [2.45, 2.75) is 50.1 Å². The largest absolute Gasteiger partial charge is 0.480 e. The first kappa shape index (κ1) is 15.3. The minimum atomic E-state index is -0.631. The van der Waals surface area contributed by atoms with Gasteiger partial charge in [-0.3, -0.25) is 10.1 Å². The molecule has 1 saturated heterocycles. The maximum absolute atomic E-state index is 11.9. The molecule has 0 aromatic carbocycles. The Kier molecular flexibility index (Phi) is 4.52. The summed E-state index contributed by atoms with van der Waals surface area (Å²) in [7, 11) is 2.17. The van der Waals surface area contributed by atoms with E-state index in [1.807, 2.05) is 0 Å². The van der Waals surface area contributed by atoms with E-state index in [0.717, 1.165) is 71.2 Å². The molecule has 0 aromatic heterocycles. The quantitative estimate of drug-likeness (QED) is 0.766. The first-order valence-electron chi connectivity index (χ1n) is 8.52. The van der Waals surface area contributed by atoms with Crippen molar-refractivity contribution in [1.29, 1.82) is 0 Å². The van der Waals surface area contributed by atoms with Crippen LogP contribution in [0.4, 0.5) is 0 Å². The third-order valence-corrected chi connectivity index (χ3v) is 5.63. The highest BCUT2D eigenvalue weighted by molar-refractivity contribution is 5.80. The molecule has 5 nitrogen and oxygen atoms in total. The molecule has 2 saturated carbocycles. The molecule has 0 radical (unpaired) electrons.